The number of aromatic nitrogens is 3. The first-order valence-corrected chi connectivity index (χ1v) is 13.1. The fourth-order valence-corrected chi connectivity index (χ4v) is 5.00. The van der Waals surface area contributed by atoms with Crippen LogP contribution in [0.25, 0.3) is 27.9 Å². The molecule has 196 valence electrons. The van der Waals surface area contributed by atoms with Gasteiger partial charge in [-0.3, -0.25) is 4.79 Å². The molecule has 3 aromatic carbocycles. The number of nitrogens with zero attached hydrogens (tertiary/aromatic N) is 5. The highest BCUT2D eigenvalue weighted by Gasteiger charge is 2.20. The second-order valence-electron chi connectivity index (χ2n) is 9.69. The van der Waals surface area contributed by atoms with Crippen molar-refractivity contribution in [2.24, 2.45) is 0 Å². The monoisotopic (exact) mass is 518 g/mol. The van der Waals surface area contributed by atoms with Gasteiger partial charge in [-0.25, -0.2) is 4.98 Å². The molecule has 1 aliphatic heterocycles. The number of hydrogen-bond acceptors (Lipinski definition) is 6. The average Bonchev–Trinajstić information content (AvgIpc) is 3.43. The molecular weight excluding hydrogens is 488 g/mol. The quantitative estimate of drug-likeness (QED) is 0.344. The van der Waals surface area contributed by atoms with E-state index in [4.69, 9.17) is 15.5 Å². The molecular formula is C31H30N6O2. The molecule has 0 saturated carbocycles. The fraction of sp³-hybridized carbons (Fsp3) is 0.194. The first kappa shape index (κ1) is 24.5. The van der Waals surface area contributed by atoms with Gasteiger partial charge in [-0.2, -0.15) is 9.61 Å². The van der Waals surface area contributed by atoms with E-state index in [1.165, 1.54) is 0 Å². The zero-order chi connectivity index (χ0) is 26.8. The van der Waals surface area contributed by atoms with Crippen LogP contribution in [0.5, 0.6) is 5.75 Å². The van der Waals surface area contributed by atoms with Gasteiger partial charge in [-0.1, -0.05) is 54.6 Å². The Morgan fingerprint density at radius 2 is 1.64 bits per heavy atom. The van der Waals surface area contributed by atoms with E-state index in [1.54, 1.807) is 17.6 Å². The van der Waals surface area contributed by atoms with Crippen LogP contribution in [0.3, 0.4) is 0 Å². The molecule has 0 aliphatic carbocycles. The van der Waals surface area contributed by atoms with Crippen LogP contribution in [0.15, 0.2) is 91.3 Å². The van der Waals surface area contributed by atoms with Gasteiger partial charge in [0.2, 0.25) is 5.91 Å². The Balaban J connectivity index is 1.21. The number of anilines is 2. The highest BCUT2D eigenvalue weighted by Crippen LogP contribution is 2.32. The molecule has 39 heavy (non-hydrogen) atoms. The number of benzene rings is 3. The first-order chi connectivity index (χ1) is 19.1. The molecule has 0 bridgehead atoms. The fourth-order valence-electron chi connectivity index (χ4n) is 5.00. The average molecular weight is 519 g/mol. The number of nitrogens with two attached hydrogens (primary N) is 1. The molecule has 8 heteroatoms. The molecule has 1 aliphatic rings. The molecule has 1 fully saturated rings. The van der Waals surface area contributed by atoms with Gasteiger partial charge in [0, 0.05) is 56.1 Å². The van der Waals surface area contributed by atoms with Crippen molar-refractivity contribution in [2.45, 2.75) is 13.5 Å². The second kappa shape index (κ2) is 10.5. The van der Waals surface area contributed by atoms with E-state index in [0.29, 0.717) is 18.1 Å². The molecule has 0 unspecified atom stereocenters. The number of nitrogen functional groups attached to an aromatic ring is 1. The van der Waals surface area contributed by atoms with Crippen molar-refractivity contribution in [2.75, 3.05) is 36.8 Å². The summed E-state index contributed by atoms with van der Waals surface area (Å²) in [5, 5.41) is 4.58. The van der Waals surface area contributed by atoms with Gasteiger partial charge in [0.25, 0.3) is 0 Å². The maximum atomic E-state index is 11.7. The molecule has 3 heterocycles. The standard InChI is InChI=1S/C31H30N6O2/c1-22(38)35-14-16-36(17-15-35)26-9-5-8-25(18-26)29-20-34-37-30(32)28(19-33-31(29)37)24-10-12-27(13-11-24)39-21-23-6-3-2-4-7-23/h2-13,18-20H,14-17,21,32H2,1H3. The molecule has 5 aromatic rings. The third-order valence-electron chi connectivity index (χ3n) is 7.22. The van der Waals surface area contributed by atoms with Crippen LogP contribution < -0.4 is 15.4 Å². The minimum Gasteiger partial charge on any atom is -0.489 e. The van der Waals surface area contributed by atoms with Crippen LogP contribution in [0.1, 0.15) is 12.5 Å². The first-order valence-electron chi connectivity index (χ1n) is 13.1. The van der Waals surface area contributed by atoms with E-state index in [-0.39, 0.29) is 5.91 Å². The minimum atomic E-state index is 0.130. The Morgan fingerprint density at radius 1 is 0.872 bits per heavy atom. The van der Waals surface area contributed by atoms with Crippen molar-refractivity contribution in [1.82, 2.24) is 19.5 Å². The molecule has 0 spiro atoms. The van der Waals surface area contributed by atoms with Crippen molar-refractivity contribution in [1.29, 1.82) is 0 Å². The van der Waals surface area contributed by atoms with E-state index in [0.717, 1.165) is 65.4 Å². The Morgan fingerprint density at radius 3 is 2.38 bits per heavy atom. The third-order valence-corrected chi connectivity index (χ3v) is 7.22. The van der Waals surface area contributed by atoms with Crippen molar-refractivity contribution in [3.63, 3.8) is 0 Å². The minimum absolute atomic E-state index is 0.130. The number of hydrogen-bond donors (Lipinski definition) is 1. The highest BCUT2D eigenvalue weighted by atomic mass is 16.5. The molecule has 8 nitrogen and oxygen atoms in total. The summed E-state index contributed by atoms with van der Waals surface area (Å²) in [5.41, 5.74) is 13.2. The number of rotatable bonds is 6. The van der Waals surface area contributed by atoms with Crippen molar-refractivity contribution in [3.05, 3.63) is 96.8 Å². The molecule has 2 aromatic heterocycles. The Bertz CT molecular complexity index is 1610. The smallest absolute Gasteiger partial charge is 0.219 e. The number of carbonyl (C=O) groups is 1. The Kier molecular flexibility index (Phi) is 6.59. The number of fused-ring (bicyclic) bond motifs is 1. The molecule has 1 amide bonds. The van der Waals surface area contributed by atoms with Gasteiger partial charge in [-0.15, -0.1) is 0 Å². The summed E-state index contributed by atoms with van der Waals surface area (Å²) in [5.74, 6) is 1.45. The maximum absolute atomic E-state index is 11.7. The lowest BCUT2D eigenvalue weighted by atomic mass is 10.1. The van der Waals surface area contributed by atoms with Gasteiger partial charge in [0.1, 0.15) is 18.2 Å². The largest absolute Gasteiger partial charge is 0.489 e. The van der Waals surface area contributed by atoms with E-state index in [1.807, 2.05) is 71.8 Å². The number of ether oxygens (including phenoxy) is 1. The highest BCUT2D eigenvalue weighted by molar-refractivity contribution is 5.83. The SMILES string of the molecule is CC(=O)N1CCN(c2cccc(-c3cnn4c(N)c(-c5ccc(OCc6ccccc6)cc5)cnc34)c2)CC1. The van der Waals surface area contributed by atoms with Gasteiger partial charge < -0.3 is 20.3 Å². The van der Waals surface area contributed by atoms with Crippen LogP contribution in [0.4, 0.5) is 11.5 Å². The second-order valence-corrected chi connectivity index (χ2v) is 9.69. The van der Waals surface area contributed by atoms with E-state index >= 15 is 0 Å². The number of carbonyl (C=O) groups excluding carboxylic acids is 1. The van der Waals surface area contributed by atoms with Crippen LogP contribution in [-0.2, 0) is 11.4 Å². The third kappa shape index (κ3) is 5.01. The van der Waals surface area contributed by atoms with Gasteiger partial charge in [0.15, 0.2) is 5.65 Å². The number of piperazine rings is 1. The summed E-state index contributed by atoms with van der Waals surface area (Å²) in [6, 6.07) is 26.3. The van der Waals surface area contributed by atoms with Crippen molar-refractivity contribution in [3.8, 4) is 28.0 Å². The van der Waals surface area contributed by atoms with Crippen molar-refractivity contribution >= 4 is 23.1 Å². The molecule has 6 rings (SSSR count). The molecule has 2 N–H and O–H groups in total. The summed E-state index contributed by atoms with van der Waals surface area (Å²) >= 11 is 0. The summed E-state index contributed by atoms with van der Waals surface area (Å²) in [7, 11) is 0. The molecule has 0 radical (unpaired) electrons. The summed E-state index contributed by atoms with van der Waals surface area (Å²) in [6.07, 6.45) is 3.62. The normalized spacial score (nSPS) is 13.6. The lowest BCUT2D eigenvalue weighted by molar-refractivity contribution is -0.129. The predicted octanol–water partition coefficient (Wildman–Crippen LogP) is 4.89. The molecule has 1 saturated heterocycles. The topological polar surface area (TPSA) is 89.0 Å². The van der Waals surface area contributed by atoms with E-state index in [9.17, 15) is 4.79 Å². The lowest BCUT2D eigenvalue weighted by Crippen LogP contribution is -2.48. The predicted molar refractivity (Wildman–Crippen MR) is 154 cm³/mol. The maximum Gasteiger partial charge on any atom is 0.219 e. The van der Waals surface area contributed by atoms with Crippen LogP contribution in [0.2, 0.25) is 0 Å². The lowest BCUT2D eigenvalue weighted by Gasteiger charge is -2.35. The van der Waals surface area contributed by atoms with Crippen LogP contribution >= 0.6 is 0 Å². The van der Waals surface area contributed by atoms with Crippen LogP contribution in [0, 0.1) is 0 Å². The van der Waals surface area contributed by atoms with Gasteiger partial charge >= 0.3 is 0 Å². The zero-order valence-corrected chi connectivity index (χ0v) is 21.8. The van der Waals surface area contributed by atoms with Gasteiger partial charge in [0.05, 0.1) is 6.20 Å². The van der Waals surface area contributed by atoms with Crippen LogP contribution in [-0.4, -0.2) is 51.6 Å². The Labute approximate surface area is 227 Å². The molecule has 0 atom stereocenters. The van der Waals surface area contributed by atoms with E-state index < -0.39 is 0 Å². The summed E-state index contributed by atoms with van der Waals surface area (Å²) in [6.45, 7) is 5.23. The number of amides is 1. The Hall–Kier alpha value is -4.85. The van der Waals surface area contributed by atoms with Gasteiger partial charge in [-0.05, 0) is 41.0 Å². The van der Waals surface area contributed by atoms with Crippen molar-refractivity contribution < 1.29 is 9.53 Å². The summed E-state index contributed by atoms with van der Waals surface area (Å²) in [4.78, 5) is 20.6. The summed E-state index contributed by atoms with van der Waals surface area (Å²) < 4.78 is 7.62. The van der Waals surface area contributed by atoms with E-state index in [2.05, 4.69) is 28.2 Å². The zero-order valence-electron chi connectivity index (χ0n) is 21.8.